The van der Waals surface area contributed by atoms with Crippen LogP contribution in [-0.2, 0) is 42.2 Å². The Labute approximate surface area is 121 Å². The Bertz CT molecular complexity index is 474. The molecule has 0 radical (unpaired) electrons. The average Bonchev–Trinajstić information content (AvgIpc) is 2.36. The molecule has 120 valence electrons. The van der Waals surface area contributed by atoms with Crippen molar-refractivity contribution < 1.29 is 42.2 Å². The fraction of sp³-hybridized carbons (Fsp3) is 0.727. The minimum absolute atomic E-state index is 0.319. The van der Waals surface area contributed by atoms with Gasteiger partial charge < -0.3 is 23.3 Å². The maximum Gasteiger partial charge on any atom is 0.374 e. The van der Waals surface area contributed by atoms with Crippen molar-refractivity contribution >= 4 is 25.5 Å². The molecule has 0 amide bonds. The van der Waals surface area contributed by atoms with E-state index in [4.69, 9.17) is 23.3 Å². The zero-order valence-corrected chi connectivity index (χ0v) is 13.0. The van der Waals surface area contributed by atoms with Gasteiger partial charge in [-0.15, -0.1) is 0 Å². The Kier molecular flexibility index (Phi) is 5.88. The Hall–Kier alpha value is -1.44. The third-order valence-corrected chi connectivity index (χ3v) is 4.58. The molecule has 21 heavy (non-hydrogen) atoms. The molecule has 1 aliphatic rings. The lowest BCUT2D eigenvalue weighted by atomic mass is 10.2. The van der Waals surface area contributed by atoms with E-state index in [1.165, 1.54) is 0 Å². The van der Waals surface area contributed by atoms with Crippen LogP contribution in [-0.4, -0.2) is 49.7 Å². The highest BCUT2D eigenvalue weighted by Gasteiger charge is 2.54. The Morgan fingerprint density at radius 3 is 1.95 bits per heavy atom. The molecule has 0 aromatic heterocycles. The Morgan fingerprint density at radius 2 is 1.52 bits per heavy atom. The molecule has 4 atom stereocenters. The highest BCUT2D eigenvalue weighted by molar-refractivity contribution is 7.54. The van der Waals surface area contributed by atoms with Crippen molar-refractivity contribution in [2.24, 2.45) is 0 Å². The first kappa shape index (κ1) is 17.6. The summed E-state index contributed by atoms with van der Waals surface area (Å²) >= 11 is 0. The quantitative estimate of drug-likeness (QED) is 0.416. The lowest BCUT2D eigenvalue weighted by molar-refractivity contribution is -0.185. The van der Waals surface area contributed by atoms with Crippen LogP contribution in [0.2, 0.25) is 0 Å². The largest absolute Gasteiger partial charge is 0.456 e. The van der Waals surface area contributed by atoms with Gasteiger partial charge in [-0.05, 0) is 0 Å². The normalized spacial score (nSPS) is 32.1. The van der Waals surface area contributed by atoms with Crippen LogP contribution in [0, 0.1) is 0 Å². The summed E-state index contributed by atoms with van der Waals surface area (Å²) < 4.78 is 37.1. The molecule has 10 heteroatoms. The molecule has 0 bridgehead atoms. The van der Waals surface area contributed by atoms with Gasteiger partial charge in [-0.3, -0.25) is 18.9 Å². The summed E-state index contributed by atoms with van der Waals surface area (Å²) in [5.41, 5.74) is 0. The fourth-order valence-electron chi connectivity index (χ4n) is 1.81. The van der Waals surface area contributed by atoms with Gasteiger partial charge in [-0.1, -0.05) is 0 Å². The molecule has 1 aliphatic heterocycles. The molecular weight excluding hydrogens is 307 g/mol. The maximum atomic E-state index is 12.4. The van der Waals surface area contributed by atoms with Crippen molar-refractivity contribution in [3.8, 4) is 0 Å². The number of ether oxygens (including phenoxy) is 3. The number of rotatable bonds is 4. The summed E-state index contributed by atoms with van der Waals surface area (Å²) in [5.74, 6) is -3.67. The molecule has 1 rings (SSSR count). The first-order chi connectivity index (χ1) is 9.69. The zero-order chi connectivity index (χ0) is 16.2. The minimum Gasteiger partial charge on any atom is -0.456 e. The van der Waals surface area contributed by atoms with E-state index < -0.39 is 43.6 Å². The molecule has 0 N–H and O–H groups in total. The molecule has 0 spiro atoms. The van der Waals surface area contributed by atoms with E-state index in [0.29, 0.717) is 0 Å². The summed E-state index contributed by atoms with van der Waals surface area (Å²) in [6, 6.07) is 0. The number of esters is 3. The predicted molar refractivity (Wildman–Crippen MR) is 67.2 cm³/mol. The van der Waals surface area contributed by atoms with Crippen molar-refractivity contribution in [1.82, 2.24) is 0 Å². The third-order valence-electron chi connectivity index (χ3n) is 2.54. The monoisotopic (exact) mass is 324 g/mol. The van der Waals surface area contributed by atoms with Crippen molar-refractivity contribution in [2.75, 3.05) is 13.7 Å². The highest BCUT2D eigenvalue weighted by Crippen LogP contribution is 2.57. The lowest BCUT2D eigenvalue weighted by Gasteiger charge is -2.38. The molecule has 0 saturated carbocycles. The summed E-state index contributed by atoms with van der Waals surface area (Å²) in [7, 11) is -2.76. The number of carbonyl (C=O) groups excluding carboxylic acids is 3. The molecule has 9 nitrogen and oxygen atoms in total. The molecule has 0 aromatic carbocycles. The van der Waals surface area contributed by atoms with Gasteiger partial charge in [0, 0.05) is 27.9 Å². The number of carbonyl (C=O) groups is 3. The van der Waals surface area contributed by atoms with Crippen molar-refractivity contribution in [2.45, 2.75) is 38.8 Å². The molecule has 0 aliphatic carbocycles. The van der Waals surface area contributed by atoms with Gasteiger partial charge in [0.25, 0.3) is 0 Å². The van der Waals surface area contributed by atoms with Crippen LogP contribution in [0.15, 0.2) is 0 Å². The Morgan fingerprint density at radius 1 is 1.00 bits per heavy atom. The summed E-state index contributed by atoms with van der Waals surface area (Å²) in [5, 5.41) is 0. The maximum absolute atomic E-state index is 12.4. The first-order valence-corrected chi connectivity index (χ1v) is 7.62. The van der Waals surface area contributed by atoms with Gasteiger partial charge in [0.05, 0.1) is 6.61 Å². The SMILES string of the molecule is CO[P@]1(=O)OC[C@@H](OC(C)=O)[C@H](OC(C)=O)[C@H]1OC(C)=O. The fourth-order valence-corrected chi connectivity index (χ4v) is 3.51. The number of hydrogen-bond acceptors (Lipinski definition) is 9. The van der Waals surface area contributed by atoms with Crippen molar-refractivity contribution in [3.63, 3.8) is 0 Å². The molecule has 1 fully saturated rings. The molecule has 1 heterocycles. The topological polar surface area (TPSA) is 114 Å². The average molecular weight is 324 g/mol. The van der Waals surface area contributed by atoms with E-state index in [9.17, 15) is 18.9 Å². The highest BCUT2D eigenvalue weighted by atomic mass is 31.2. The summed E-state index contributed by atoms with van der Waals surface area (Å²) in [6.45, 7) is 3.03. The van der Waals surface area contributed by atoms with Gasteiger partial charge >= 0.3 is 25.5 Å². The zero-order valence-electron chi connectivity index (χ0n) is 12.1. The second-order valence-corrected chi connectivity index (χ2v) is 6.45. The molecule has 0 unspecified atom stereocenters. The van der Waals surface area contributed by atoms with Crippen LogP contribution < -0.4 is 0 Å². The second kappa shape index (κ2) is 7.02. The van der Waals surface area contributed by atoms with Crippen LogP contribution in [0.25, 0.3) is 0 Å². The van der Waals surface area contributed by atoms with Gasteiger partial charge in [0.15, 0.2) is 12.2 Å². The van der Waals surface area contributed by atoms with E-state index in [-0.39, 0.29) is 6.61 Å². The van der Waals surface area contributed by atoms with Crippen LogP contribution in [0.1, 0.15) is 20.8 Å². The van der Waals surface area contributed by atoms with Crippen molar-refractivity contribution in [3.05, 3.63) is 0 Å². The molecule has 0 aromatic rings. The van der Waals surface area contributed by atoms with E-state index in [2.05, 4.69) is 0 Å². The van der Waals surface area contributed by atoms with E-state index in [1.807, 2.05) is 0 Å². The number of hydrogen-bond donors (Lipinski definition) is 0. The van der Waals surface area contributed by atoms with Gasteiger partial charge in [0.1, 0.15) is 0 Å². The van der Waals surface area contributed by atoms with Gasteiger partial charge in [-0.25, -0.2) is 0 Å². The van der Waals surface area contributed by atoms with Crippen LogP contribution >= 0.6 is 7.60 Å². The predicted octanol–water partition coefficient (Wildman–Crippen LogP) is 0.609. The second-order valence-electron chi connectivity index (χ2n) is 4.24. The minimum atomic E-state index is -3.86. The first-order valence-electron chi connectivity index (χ1n) is 6.01. The molecule has 1 saturated heterocycles. The van der Waals surface area contributed by atoms with E-state index >= 15 is 0 Å². The summed E-state index contributed by atoms with van der Waals surface area (Å²) in [4.78, 5) is 33.4. The van der Waals surface area contributed by atoms with Gasteiger partial charge in [0.2, 0.25) is 5.85 Å². The van der Waals surface area contributed by atoms with Crippen LogP contribution in [0.4, 0.5) is 0 Å². The lowest BCUT2D eigenvalue weighted by Crippen LogP contribution is -2.50. The van der Waals surface area contributed by atoms with E-state index in [1.54, 1.807) is 0 Å². The Balaban J connectivity index is 3.13. The third kappa shape index (κ3) is 4.52. The van der Waals surface area contributed by atoms with Crippen LogP contribution in [0.5, 0.6) is 0 Å². The van der Waals surface area contributed by atoms with E-state index in [0.717, 1.165) is 27.9 Å². The van der Waals surface area contributed by atoms with Gasteiger partial charge in [-0.2, -0.15) is 0 Å². The standard InChI is InChI=1S/C11H17O9P/c1-6(12)18-9-5-17-21(15,16-4)11(20-8(3)14)10(9)19-7(2)13/h9-11H,5H2,1-4H3/t9-,10+,11+,21+/m1/s1. The van der Waals surface area contributed by atoms with Crippen LogP contribution in [0.3, 0.4) is 0 Å². The summed E-state index contributed by atoms with van der Waals surface area (Å²) in [6.07, 6.45) is -2.34. The smallest absolute Gasteiger partial charge is 0.374 e. The van der Waals surface area contributed by atoms with Crippen molar-refractivity contribution in [1.29, 1.82) is 0 Å². The molecular formula is C11H17O9P.